The minimum atomic E-state index is -0.771. The minimum absolute atomic E-state index is 0.158. The molecule has 0 spiro atoms. The molecule has 3 N–H and O–H groups in total. The topological polar surface area (TPSA) is 75.8 Å². The number of anilines is 1. The van der Waals surface area contributed by atoms with Crippen LogP contribution >= 0.6 is 0 Å². The molecule has 0 fully saturated rings. The van der Waals surface area contributed by atoms with Crippen molar-refractivity contribution in [1.82, 2.24) is 4.90 Å². The molecule has 1 unspecified atom stereocenters. The van der Waals surface area contributed by atoms with E-state index >= 15 is 0 Å². The molecule has 1 rings (SSSR count). The highest BCUT2D eigenvalue weighted by Gasteiger charge is 2.12. The minimum Gasteiger partial charge on any atom is -0.495 e. The highest BCUT2D eigenvalue weighted by atomic mass is 16.5. The van der Waals surface area contributed by atoms with Crippen molar-refractivity contribution in [3.63, 3.8) is 0 Å². The fourth-order valence-electron chi connectivity index (χ4n) is 1.90. The Balaban J connectivity index is 2.58. The van der Waals surface area contributed by atoms with Gasteiger partial charge in [0.05, 0.1) is 19.2 Å². The maximum atomic E-state index is 10.5. The Bertz CT molecular complexity index is 435. The lowest BCUT2D eigenvalue weighted by Crippen LogP contribution is -2.32. The maximum Gasteiger partial charge on any atom is 0.304 e. The van der Waals surface area contributed by atoms with Gasteiger partial charge in [-0.15, -0.1) is 0 Å². The number of nitrogens with zero attached hydrogens (tertiary/aromatic N) is 1. The number of nitrogens with two attached hydrogens (primary N) is 1. The molecule has 0 amide bonds. The standard InChI is InChI=1S/C14H22N2O3/c1-10(16(2)7-6-14(17)18)8-11-4-5-13(19-3)12(15)9-11/h4-5,9-10H,6-8,15H2,1-3H3,(H,17,18). The van der Waals surface area contributed by atoms with Crippen LogP contribution in [0.15, 0.2) is 18.2 Å². The second-order valence-corrected chi connectivity index (χ2v) is 4.75. The van der Waals surface area contributed by atoms with Crippen molar-refractivity contribution in [2.45, 2.75) is 25.8 Å². The molecule has 0 aliphatic carbocycles. The first-order valence-electron chi connectivity index (χ1n) is 6.28. The summed E-state index contributed by atoms with van der Waals surface area (Å²) in [5.41, 5.74) is 7.61. The Kier molecular flexibility index (Phi) is 5.63. The zero-order chi connectivity index (χ0) is 14.4. The molecular formula is C14H22N2O3. The Labute approximate surface area is 114 Å². The predicted molar refractivity (Wildman–Crippen MR) is 75.5 cm³/mol. The normalized spacial score (nSPS) is 12.4. The SMILES string of the molecule is COc1ccc(CC(C)N(C)CCC(=O)O)cc1N. The summed E-state index contributed by atoms with van der Waals surface area (Å²) >= 11 is 0. The summed E-state index contributed by atoms with van der Waals surface area (Å²) in [5, 5.41) is 8.67. The number of aliphatic carboxylic acids is 1. The number of carbonyl (C=O) groups is 1. The molecule has 1 atom stereocenters. The second kappa shape index (κ2) is 6.99. The van der Waals surface area contributed by atoms with E-state index in [-0.39, 0.29) is 12.5 Å². The zero-order valence-corrected chi connectivity index (χ0v) is 11.7. The average Bonchev–Trinajstić information content (AvgIpc) is 2.36. The van der Waals surface area contributed by atoms with Gasteiger partial charge in [-0.1, -0.05) is 6.07 Å². The number of methoxy groups -OCH3 is 1. The molecule has 5 heteroatoms. The molecular weight excluding hydrogens is 244 g/mol. The molecule has 0 aromatic heterocycles. The van der Waals surface area contributed by atoms with Crippen LogP contribution in [0.3, 0.4) is 0 Å². The number of likely N-dealkylation sites (N-methyl/N-ethyl adjacent to an activating group) is 1. The van der Waals surface area contributed by atoms with Crippen LogP contribution in [0.2, 0.25) is 0 Å². The van der Waals surface area contributed by atoms with Gasteiger partial charge in [-0.3, -0.25) is 4.79 Å². The summed E-state index contributed by atoms with van der Waals surface area (Å²) in [7, 11) is 3.52. The lowest BCUT2D eigenvalue weighted by atomic mass is 10.0. The van der Waals surface area contributed by atoms with Gasteiger partial charge in [0.15, 0.2) is 0 Å². The number of nitrogen functional groups attached to an aromatic ring is 1. The van der Waals surface area contributed by atoms with E-state index in [2.05, 4.69) is 6.92 Å². The number of hydrogen-bond acceptors (Lipinski definition) is 4. The number of carboxylic acid groups (broad SMARTS) is 1. The fourth-order valence-corrected chi connectivity index (χ4v) is 1.90. The summed E-state index contributed by atoms with van der Waals surface area (Å²) in [6, 6.07) is 6.00. The molecule has 106 valence electrons. The van der Waals surface area contributed by atoms with Crippen LogP contribution in [0.4, 0.5) is 5.69 Å². The van der Waals surface area contributed by atoms with Crippen molar-refractivity contribution in [3.05, 3.63) is 23.8 Å². The number of benzene rings is 1. The number of carboxylic acids is 1. The van der Waals surface area contributed by atoms with Crippen LogP contribution in [0.1, 0.15) is 18.9 Å². The van der Waals surface area contributed by atoms with Crippen molar-refractivity contribution < 1.29 is 14.6 Å². The summed E-state index contributed by atoms with van der Waals surface area (Å²) in [5.74, 6) is -0.0941. The Morgan fingerprint density at radius 2 is 2.21 bits per heavy atom. The van der Waals surface area contributed by atoms with E-state index in [9.17, 15) is 4.79 Å². The van der Waals surface area contributed by atoms with Crippen molar-refractivity contribution in [1.29, 1.82) is 0 Å². The van der Waals surface area contributed by atoms with E-state index in [1.54, 1.807) is 7.11 Å². The summed E-state index contributed by atoms with van der Waals surface area (Å²) in [6.07, 6.45) is 0.982. The molecule has 1 aromatic rings. The van der Waals surface area contributed by atoms with E-state index in [0.717, 1.165) is 12.0 Å². The predicted octanol–water partition coefficient (Wildman–Crippen LogP) is 1.61. The van der Waals surface area contributed by atoms with Crippen molar-refractivity contribution >= 4 is 11.7 Å². The van der Waals surface area contributed by atoms with Gasteiger partial charge in [0, 0.05) is 12.6 Å². The van der Waals surface area contributed by atoms with Gasteiger partial charge < -0.3 is 20.5 Å². The van der Waals surface area contributed by atoms with Gasteiger partial charge in [0.2, 0.25) is 0 Å². The third-order valence-corrected chi connectivity index (χ3v) is 3.26. The van der Waals surface area contributed by atoms with E-state index in [1.807, 2.05) is 30.1 Å². The van der Waals surface area contributed by atoms with E-state index in [4.69, 9.17) is 15.6 Å². The summed E-state index contributed by atoms with van der Waals surface area (Å²) in [4.78, 5) is 12.6. The molecule has 0 heterocycles. The first-order valence-corrected chi connectivity index (χ1v) is 6.28. The molecule has 0 bridgehead atoms. The number of hydrogen-bond donors (Lipinski definition) is 2. The third-order valence-electron chi connectivity index (χ3n) is 3.26. The van der Waals surface area contributed by atoms with Crippen molar-refractivity contribution in [2.75, 3.05) is 26.4 Å². The first-order chi connectivity index (χ1) is 8.93. The van der Waals surface area contributed by atoms with E-state index in [1.165, 1.54) is 0 Å². The zero-order valence-electron chi connectivity index (χ0n) is 11.7. The lowest BCUT2D eigenvalue weighted by Gasteiger charge is -2.24. The quantitative estimate of drug-likeness (QED) is 0.733. The van der Waals surface area contributed by atoms with Gasteiger partial charge in [0.25, 0.3) is 0 Å². The first kappa shape index (κ1) is 15.3. The highest BCUT2D eigenvalue weighted by molar-refractivity contribution is 5.66. The monoisotopic (exact) mass is 266 g/mol. The molecule has 0 aliphatic heterocycles. The molecule has 0 radical (unpaired) electrons. The van der Waals surface area contributed by atoms with Gasteiger partial charge in [0.1, 0.15) is 5.75 Å². The van der Waals surface area contributed by atoms with E-state index in [0.29, 0.717) is 18.0 Å². The van der Waals surface area contributed by atoms with Crippen LogP contribution in [0.5, 0.6) is 5.75 Å². The van der Waals surface area contributed by atoms with Gasteiger partial charge in [-0.25, -0.2) is 0 Å². The Morgan fingerprint density at radius 1 is 1.53 bits per heavy atom. The second-order valence-electron chi connectivity index (χ2n) is 4.75. The van der Waals surface area contributed by atoms with Crippen LogP contribution < -0.4 is 10.5 Å². The third kappa shape index (κ3) is 4.79. The van der Waals surface area contributed by atoms with Gasteiger partial charge in [-0.05, 0) is 38.1 Å². The molecule has 1 aromatic carbocycles. The summed E-state index contributed by atoms with van der Waals surface area (Å²) in [6.45, 7) is 2.62. The average molecular weight is 266 g/mol. The van der Waals surface area contributed by atoms with Crippen LogP contribution in [-0.4, -0.2) is 42.7 Å². The molecule has 5 nitrogen and oxygen atoms in total. The van der Waals surface area contributed by atoms with Crippen LogP contribution in [0, 0.1) is 0 Å². The Hall–Kier alpha value is -1.75. The van der Waals surface area contributed by atoms with E-state index < -0.39 is 5.97 Å². The molecule has 0 saturated heterocycles. The fraction of sp³-hybridized carbons (Fsp3) is 0.500. The largest absolute Gasteiger partial charge is 0.495 e. The molecule has 0 saturated carbocycles. The lowest BCUT2D eigenvalue weighted by molar-refractivity contribution is -0.137. The van der Waals surface area contributed by atoms with Crippen LogP contribution in [0.25, 0.3) is 0 Å². The van der Waals surface area contributed by atoms with Gasteiger partial charge in [-0.2, -0.15) is 0 Å². The van der Waals surface area contributed by atoms with Crippen molar-refractivity contribution in [3.8, 4) is 5.75 Å². The Morgan fingerprint density at radius 3 is 2.74 bits per heavy atom. The highest BCUT2D eigenvalue weighted by Crippen LogP contribution is 2.23. The summed E-state index contributed by atoms with van der Waals surface area (Å²) < 4.78 is 5.12. The number of ether oxygens (including phenoxy) is 1. The maximum absolute atomic E-state index is 10.5. The van der Waals surface area contributed by atoms with Crippen LogP contribution in [-0.2, 0) is 11.2 Å². The van der Waals surface area contributed by atoms with Crippen molar-refractivity contribution in [2.24, 2.45) is 0 Å². The van der Waals surface area contributed by atoms with Gasteiger partial charge >= 0.3 is 5.97 Å². The molecule has 19 heavy (non-hydrogen) atoms. The number of rotatable bonds is 7. The smallest absolute Gasteiger partial charge is 0.304 e. The molecule has 0 aliphatic rings.